The van der Waals surface area contributed by atoms with E-state index >= 15 is 0 Å². The molecule has 0 spiro atoms. The van der Waals surface area contributed by atoms with Gasteiger partial charge in [-0.15, -0.1) is 0 Å². The molecular weight excluding hydrogens is 1270 g/mol. The van der Waals surface area contributed by atoms with Crippen LogP contribution in [0.15, 0.2) is 170 Å². The number of hydrogen-bond donors (Lipinski definition) is 5. The summed E-state index contributed by atoms with van der Waals surface area (Å²) in [4.78, 5) is 34.2. The highest BCUT2D eigenvalue weighted by atomic mass is 19.1. The third-order valence-corrected chi connectivity index (χ3v) is 13.0. The van der Waals surface area contributed by atoms with Crippen molar-refractivity contribution < 1.29 is 75.7 Å². The number of nitro benzene ring substituents is 3. The van der Waals surface area contributed by atoms with Crippen molar-refractivity contribution in [1.29, 1.82) is 0 Å². The van der Waals surface area contributed by atoms with E-state index in [0.29, 0.717) is 96.0 Å². The zero-order valence-corrected chi connectivity index (χ0v) is 52.2. The smallest absolute Gasteiger partial charge is 0.304 e. The summed E-state index contributed by atoms with van der Waals surface area (Å²) in [6, 6.07) is 38.0. The molecule has 0 saturated carbocycles. The van der Waals surface area contributed by atoms with Crippen LogP contribution in [0.3, 0.4) is 0 Å². The van der Waals surface area contributed by atoms with Crippen LogP contribution in [0.2, 0.25) is 0 Å². The summed E-state index contributed by atoms with van der Waals surface area (Å²) in [5.74, 6) is -0.188. The maximum Gasteiger partial charge on any atom is 0.304 e. The number of nitrogens with zero attached hydrogens (tertiary/aromatic N) is 5. The minimum Gasteiger partial charge on any atom is -0.457 e. The molecule has 0 atom stereocenters. The molecule has 0 amide bonds. The maximum absolute atomic E-state index is 12.9. The van der Waals surface area contributed by atoms with Crippen LogP contribution in [0.25, 0.3) is 11.0 Å². The molecule has 0 saturated heterocycles. The number of halogens is 6. The zero-order chi connectivity index (χ0) is 69.0. The largest absolute Gasteiger partial charge is 0.457 e. The summed E-state index contributed by atoms with van der Waals surface area (Å²) in [6.07, 6.45) is 4.32. The van der Waals surface area contributed by atoms with Crippen molar-refractivity contribution in [3.05, 3.63) is 252 Å². The van der Waals surface area contributed by atoms with Gasteiger partial charge in [-0.3, -0.25) is 30.3 Å². The number of aliphatic hydroxyl groups is 4. The molecule has 0 unspecified atom stereocenters. The number of imidazole rings is 1. The molecule has 526 valence electrons. The molecule has 0 radical (unpaired) electrons. The van der Waals surface area contributed by atoms with Gasteiger partial charge >= 0.3 is 5.69 Å². The third kappa shape index (κ3) is 30.6. The average Bonchev–Trinajstić information content (AvgIpc) is 1.81. The Bertz CT molecular complexity index is 3940. The zero-order valence-electron chi connectivity index (χ0n) is 52.2. The maximum atomic E-state index is 12.9. The summed E-state index contributed by atoms with van der Waals surface area (Å²) in [7, 11) is 0. The van der Waals surface area contributed by atoms with Crippen LogP contribution >= 0.6 is 0 Å². The van der Waals surface area contributed by atoms with Crippen LogP contribution in [0.5, 0.6) is 34.5 Å². The number of hydrogen-bond acceptors (Lipinski definition) is 15. The molecule has 6 N–H and O–H groups in total. The second-order valence-corrected chi connectivity index (χ2v) is 23.7. The Hall–Kier alpha value is -9.95. The topological polar surface area (TPSA) is 282 Å². The molecule has 8 aromatic carbocycles. The second-order valence-electron chi connectivity index (χ2n) is 23.7. The number of nitrogens with two attached hydrogens (primary N) is 1. The second kappa shape index (κ2) is 38.0. The van der Waals surface area contributed by atoms with E-state index < -0.39 is 60.3 Å². The van der Waals surface area contributed by atoms with Crippen LogP contribution < -0.4 is 19.9 Å². The Morgan fingerprint density at radius 3 is 1.12 bits per heavy atom. The van der Waals surface area contributed by atoms with Crippen molar-refractivity contribution in [2.45, 2.75) is 153 Å². The lowest BCUT2D eigenvalue weighted by atomic mass is 9.98. The summed E-state index contributed by atoms with van der Waals surface area (Å²) >= 11 is 0. The number of fused-ring (bicyclic) bond motifs is 1. The van der Waals surface area contributed by atoms with E-state index in [2.05, 4.69) is 4.98 Å². The third-order valence-electron chi connectivity index (χ3n) is 13.0. The summed E-state index contributed by atoms with van der Waals surface area (Å²) in [6.45, 7) is 14.0. The van der Waals surface area contributed by atoms with Crippen LogP contribution in [0, 0.1) is 65.2 Å². The summed E-state index contributed by atoms with van der Waals surface area (Å²) in [5, 5.41) is 70.8. The van der Waals surface area contributed by atoms with Crippen LogP contribution in [0.4, 0.5) is 49.1 Å². The Balaban J connectivity index is 0.000000611. The van der Waals surface area contributed by atoms with Crippen molar-refractivity contribution in [2.75, 3.05) is 5.73 Å². The van der Waals surface area contributed by atoms with Gasteiger partial charge in [-0.2, -0.15) is 4.39 Å². The minimum atomic E-state index is -1.16. The molecule has 0 aliphatic rings. The van der Waals surface area contributed by atoms with Crippen molar-refractivity contribution in [3.8, 4) is 34.5 Å². The summed E-state index contributed by atoms with van der Waals surface area (Å²) < 4.78 is 95.0. The first kappa shape index (κ1) is 85.1. The van der Waals surface area contributed by atoms with Gasteiger partial charge in [0.15, 0.2) is 0 Å². The molecule has 0 aliphatic heterocycles. The fourth-order valence-corrected chi connectivity index (χ4v) is 8.31. The first-order chi connectivity index (χ1) is 43.4. The standard InChI is InChI=1S/C17H17FN2O2.C17H18FNO4.C17H20FNO2.C11H14FNO3.C6H3F2NO2.4CH4/c1-17(2,21)10-20-11-19-15-8-7-14(9-16(15)20)22-13-5-3-12(18)4-6-13;1-17(2,20)10-9-12-11-15(7-8-16(12)19(21)22)23-14-5-3-13(18)4-6-14;1-17(2,20)10-9-12-11-15(7-8-16(12)19)21-14-5-3-13(18)4-6-14;1-11(2,14)6-5-8-7-9(12)3-4-10(8)13(15)16;7-4-1-2-6(9(10)11)5(8)3-4;;;;/h3-9,11,21H,10H2,1-2H3;3-8,11,20H,9-10H2,1-2H3;3-8,11,20H,9-10,19H2,1-2H3;3-4,7,14H,5-6H2,1-2H3;1-3H;4*1H4. The van der Waals surface area contributed by atoms with Crippen LogP contribution in [0.1, 0.15) is 121 Å². The Labute approximate surface area is 561 Å². The fraction of sp³-hybridized carbons (Fsp3) is 0.319. The SMILES string of the molecule is C.C.C.C.CC(C)(O)CCc1cc(F)ccc1[N+](=O)[O-].CC(C)(O)CCc1cc(Oc2ccc(F)cc2)ccc1N.CC(C)(O)CCc1cc(Oc2ccc(F)cc2)ccc1[N+](=O)[O-].CC(C)(O)Cn1cnc2ccc(Oc3ccc(F)cc3)cc21.O=[N+]([O-])c1ccc(F)cc1F. The van der Waals surface area contributed by atoms with Crippen molar-refractivity contribution in [3.63, 3.8) is 0 Å². The number of benzene rings is 8. The van der Waals surface area contributed by atoms with E-state index in [1.165, 1.54) is 60.7 Å². The minimum absolute atomic E-state index is 0. The lowest BCUT2D eigenvalue weighted by Gasteiger charge is -2.18. The van der Waals surface area contributed by atoms with Gasteiger partial charge in [0.2, 0.25) is 5.82 Å². The van der Waals surface area contributed by atoms with Gasteiger partial charge in [-0.25, -0.2) is 26.9 Å². The average molecular weight is 1360 g/mol. The first-order valence-corrected chi connectivity index (χ1v) is 28.7. The highest BCUT2D eigenvalue weighted by molar-refractivity contribution is 5.77. The van der Waals surface area contributed by atoms with Crippen molar-refractivity contribution in [2.24, 2.45) is 0 Å². The molecule has 97 heavy (non-hydrogen) atoms. The normalized spacial score (nSPS) is 10.8. The predicted molar refractivity (Wildman–Crippen MR) is 366 cm³/mol. The molecule has 19 nitrogen and oxygen atoms in total. The number of rotatable bonds is 20. The monoisotopic (exact) mass is 1360 g/mol. The van der Waals surface area contributed by atoms with E-state index in [0.717, 1.165) is 46.9 Å². The molecule has 0 aliphatic carbocycles. The van der Waals surface area contributed by atoms with E-state index in [1.807, 2.05) is 28.8 Å². The Morgan fingerprint density at radius 2 is 0.732 bits per heavy atom. The van der Waals surface area contributed by atoms with E-state index in [1.54, 1.807) is 104 Å². The number of anilines is 1. The summed E-state index contributed by atoms with van der Waals surface area (Å²) in [5.41, 5.74) is 5.81. The van der Waals surface area contributed by atoms with E-state index in [-0.39, 0.29) is 65.0 Å². The Morgan fingerprint density at radius 1 is 0.412 bits per heavy atom. The fourth-order valence-electron chi connectivity index (χ4n) is 8.31. The van der Waals surface area contributed by atoms with Gasteiger partial charge in [0, 0.05) is 47.1 Å². The molecule has 0 fully saturated rings. The van der Waals surface area contributed by atoms with E-state index in [4.69, 9.17) is 19.9 Å². The van der Waals surface area contributed by atoms with Crippen LogP contribution in [-0.4, -0.2) is 67.2 Å². The lowest BCUT2D eigenvalue weighted by molar-refractivity contribution is -0.387. The quantitative estimate of drug-likeness (QED) is 0.0205. The molecule has 0 bridgehead atoms. The Kier molecular flexibility index (Phi) is 33.3. The van der Waals surface area contributed by atoms with Gasteiger partial charge in [0.1, 0.15) is 63.6 Å². The number of aryl methyl sites for hydroxylation is 3. The van der Waals surface area contributed by atoms with E-state index in [9.17, 15) is 77.1 Å². The molecule has 1 heterocycles. The molecule has 1 aromatic heterocycles. The number of aromatic nitrogens is 2. The van der Waals surface area contributed by atoms with Gasteiger partial charge in [-0.1, -0.05) is 29.7 Å². The first-order valence-electron chi connectivity index (χ1n) is 28.7. The highest BCUT2D eigenvalue weighted by Gasteiger charge is 2.22. The van der Waals surface area contributed by atoms with Crippen LogP contribution in [-0.2, 0) is 25.8 Å². The molecule has 9 aromatic rings. The number of nitro groups is 3. The lowest BCUT2D eigenvalue weighted by Crippen LogP contribution is -2.25. The number of ether oxygens (including phenoxy) is 3. The molecular formula is C72H88F6N6O13. The predicted octanol–water partition coefficient (Wildman–Crippen LogP) is 18.7. The van der Waals surface area contributed by atoms with Gasteiger partial charge in [-0.05, 0) is 233 Å². The number of nitrogen functional groups attached to an aromatic ring is 1. The molecule has 9 rings (SSSR count). The molecule has 25 heteroatoms. The van der Waals surface area contributed by atoms with Crippen molar-refractivity contribution >= 4 is 33.8 Å². The highest BCUT2D eigenvalue weighted by Crippen LogP contribution is 2.32. The van der Waals surface area contributed by atoms with Gasteiger partial charge < -0.3 is 44.9 Å². The van der Waals surface area contributed by atoms with Gasteiger partial charge in [0.25, 0.3) is 11.4 Å². The van der Waals surface area contributed by atoms with Crippen molar-refractivity contribution in [1.82, 2.24) is 9.55 Å². The van der Waals surface area contributed by atoms with Gasteiger partial charge in [0.05, 0.1) is 61.1 Å².